The molecule has 1 fully saturated rings. The van der Waals surface area contributed by atoms with Crippen LogP contribution in [0.25, 0.3) is 10.9 Å². The average Bonchev–Trinajstić information content (AvgIpc) is 3.31. The molecule has 2 atom stereocenters. The highest BCUT2D eigenvalue weighted by atomic mass is 16.7. The lowest BCUT2D eigenvalue weighted by Gasteiger charge is -2.42. The van der Waals surface area contributed by atoms with Crippen LogP contribution in [0.5, 0.6) is 11.5 Å². The van der Waals surface area contributed by atoms with Crippen LogP contribution in [0, 0.1) is 0 Å². The van der Waals surface area contributed by atoms with E-state index in [2.05, 4.69) is 17.1 Å². The van der Waals surface area contributed by atoms with Gasteiger partial charge in [-0.25, -0.2) is 0 Å². The molecular formula is C23H21N3O4. The number of carbonyl (C=O) groups is 2. The van der Waals surface area contributed by atoms with Gasteiger partial charge in [0.2, 0.25) is 18.6 Å². The van der Waals surface area contributed by atoms with E-state index in [0.717, 1.165) is 28.6 Å². The molecule has 0 aliphatic carbocycles. The molecule has 2 amide bonds. The lowest BCUT2D eigenvalue weighted by molar-refractivity contribution is -0.156. The van der Waals surface area contributed by atoms with Crippen LogP contribution >= 0.6 is 0 Å². The second-order valence-corrected chi connectivity index (χ2v) is 8.13. The number of nitrogens with one attached hydrogen (secondary N) is 1. The van der Waals surface area contributed by atoms with Crippen molar-refractivity contribution in [2.45, 2.75) is 24.9 Å². The smallest absolute Gasteiger partial charge is 0.245 e. The summed E-state index contributed by atoms with van der Waals surface area (Å²) in [7, 11) is 1.70. The van der Waals surface area contributed by atoms with Gasteiger partial charge >= 0.3 is 0 Å². The van der Waals surface area contributed by atoms with Crippen LogP contribution in [0.2, 0.25) is 0 Å². The Kier molecular flexibility index (Phi) is 3.63. The summed E-state index contributed by atoms with van der Waals surface area (Å²) in [4.78, 5) is 33.2. The van der Waals surface area contributed by atoms with E-state index in [1.807, 2.05) is 30.3 Å². The summed E-state index contributed by atoms with van der Waals surface area (Å²) in [5, 5.41) is 1.14. The Balaban J connectivity index is 1.59. The SMILES string of the molecule is CN1CC(=O)N2[C@H](c3ccc4c(c3)OCO4)c3[nH]c4ccccc4c3CC[C@@H]2C1=O. The summed E-state index contributed by atoms with van der Waals surface area (Å²) in [6, 6.07) is 13.1. The number of H-pyrrole nitrogens is 1. The van der Waals surface area contributed by atoms with Gasteiger partial charge in [0, 0.05) is 23.6 Å². The van der Waals surface area contributed by atoms with Gasteiger partial charge in [0.05, 0.1) is 12.6 Å². The molecule has 0 saturated carbocycles. The molecule has 1 aromatic heterocycles. The Hall–Kier alpha value is -3.48. The number of benzene rings is 2. The molecule has 4 heterocycles. The van der Waals surface area contributed by atoms with Gasteiger partial charge in [-0.05, 0) is 42.2 Å². The van der Waals surface area contributed by atoms with Crippen LogP contribution in [-0.2, 0) is 16.0 Å². The van der Waals surface area contributed by atoms with Crippen molar-refractivity contribution in [2.24, 2.45) is 0 Å². The monoisotopic (exact) mass is 403 g/mol. The van der Waals surface area contributed by atoms with E-state index in [1.54, 1.807) is 11.9 Å². The second kappa shape index (κ2) is 6.26. The van der Waals surface area contributed by atoms with Crippen LogP contribution in [0.1, 0.15) is 29.3 Å². The Morgan fingerprint density at radius 3 is 2.80 bits per heavy atom. The van der Waals surface area contributed by atoms with Gasteiger partial charge in [-0.1, -0.05) is 24.3 Å². The predicted octanol–water partition coefficient (Wildman–Crippen LogP) is 2.60. The fraction of sp³-hybridized carbons (Fsp3) is 0.304. The number of likely N-dealkylation sites (N-methyl/N-ethyl adjacent to an activating group) is 1. The van der Waals surface area contributed by atoms with Crippen molar-refractivity contribution in [3.8, 4) is 11.5 Å². The minimum atomic E-state index is -0.480. The van der Waals surface area contributed by atoms with Gasteiger partial charge in [0.15, 0.2) is 11.5 Å². The predicted molar refractivity (Wildman–Crippen MR) is 109 cm³/mol. The third-order valence-electron chi connectivity index (χ3n) is 6.44. The number of ether oxygens (including phenoxy) is 2. The number of fused-ring (bicyclic) bond motifs is 5. The standard InChI is InChI=1S/C23H21N3O4/c1-25-11-20(27)26-17(23(25)28)8-7-15-14-4-2-3-5-16(14)24-21(15)22(26)13-6-9-18-19(10-13)30-12-29-18/h2-6,9-10,17,22,24H,7-8,11-12H2,1H3/t17-,22-/m1/s1. The van der Waals surface area contributed by atoms with Crippen LogP contribution < -0.4 is 9.47 Å². The largest absolute Gasteiger partial charge is 0.454 e. The van der Waals surface area contributed by atoms with Crippen molar-refractivity contribution in [1.82, 2.24) is 14.8 Å². The number of aryl methyl sites for hydroxylation is 1. The van der Waals surface area contributed by atoms with Gasteiger partial charge in [-0.3, -0.25) is 9.59 Å². The summed E-state index contributed by atoms with van der Waals surface area (Å²) < 4.78 is 11.1. The molecule has 1 saturated heterocycles. The molecule has 3 aliphatic rings. The number of hydrogen-bond acceptors (Lipinski definition) is 4. The lowest BCUT2D eigenvalue weighted by atomic mass is 9.97. The van der Waals surface area contributed by atoms with E-state index in [-0.39, 0.29) is 31.2 Å². The lowest BCUT2D eigenvalue weighted by Crippen LogP contribution is -2.59. The summed E-state index contributed by atoms with van der Waals surface area (Å²) in [5.41, 5.74) is 4.10. The maximum Gasteiger partial charge on any atom is 0.245 e. The number of aromatic amines is 1. The molecule has 30 heavy (non-hydrogen) atoms. The van der Waals surface area contributed by atoms with Crippen LogP contribution in [-0.4, -0.2) is 53.0 Å². The Labute approximate surface area is 173 Å². The first-order chi connectivity index (χ1) is 14.6. The fourth-order valence-corrected chi connectivity index (χ4v) is 5.05. The number of carbonyl (C=O) groups excluding carboxylic acids is 2. The van der Waals surface area contributed by atoms with Crippen molar-refractivity contribution in [3.63, 3.8) is 0 Å². The maximum absolute atomic E-state index is 13.2. The van der Waals surface area contributed by atoms with E-state index in [1.165, 1.54) is 10.5 Å². The van der Waals surface area contributed by atoms with Gasteiger partial charge < -0.3 is 24.3 Å². The second-order valence-electron chi connectivity index (χ2n) is 8.13. The highest BCUT2D eigenvalue weighted by Crippen LogP contribution is 2.43. The van der Waals surface area contributed by atoms with E-state index in [0.29, 0.717) is 17.9 Å². The van der Waals surface area contributed by atoms with Crippen molar-refractivity contribution in [1.29, 1.82) is 0 Å². The highest BCUT2D eigenvalue weighted by Gasteiger charge is 2.45. The first-order valence-corrected chi connectivity index (χ1v) is 10.2. The first kappa shape index (κ1) is 17.4. The van der Waals surface area contributed by atoms with E-state index in [4.69, 9.17) is 9.47 Å². The number of para-hydroxylation sites is 1. The highest BCUT2D eigenvalue weighted by molar-refractivity contribution is 5.96. The zero-order valence-corrected chi connectivity index (χ0v) is 16.6. The molecule has 0 unspecified atom stereocenters. The molecule has 0 radical (unpaired) electrons. The van der Waals surface area contributed by atoms with Gasteiger partial charge in [0.1, 0.15) is 6.04 Å². The van der Waals surface area contributed by atoms with Crippen LogP contribution in [0.3, 0.4) is 0 Å². The van der Waals surface area contributed by atoms with Gasteiger partial charge in [-0.15, -0.1) is 0 Å². The summed E-state index contributed by atoms with van der Waals surface area (Å²) in [5.74, 6) is 1.31. The Morgan fingerprint density at radius 2 is 1.90 bits per heavy atom. The molecule has 7 heteroatoms. The molecule has 3 aliphatic heterocycles. The number of amides is 2. The zero-order chi connectivity index (χ0) is 20.4. The first-order valence-electron chi connectivity index (χ1n) is 10.2. The number of hydrogen-bond donors (Lipinski definition) is 1. The number of piperazine rings is 1. The van der Waals surface area contributed by atoms with Crippen molar-refractivity contribution >= 4 is 22.7 Å². The number of nitrogens with zero attached hydrogens (tertiary/aromatic N) is 2. The number of aromatic nitrogens is 1. The fourth-order valence-electron chi connectivity index (χ4n) is 5.05. The summed E-state index contributed by atoms with van der Waals surface area (Å²) in [6.45, 7) is 0.279. The molecule has 3 aromatic rings. The normalized spacial score (nSPS) is 22.8. The van der Waals surface area contributed by atoms with Crippen LogP contribution in [0.4, 0.5) is 0 Å². The third kappa shape index (κ3) is 2.38. The molecule has 152 valence electrons. The van der Waals surface area contributed by atoms with E-state index >= 15 is 0 Å². The molecule has 0 bridgehead atoms. The van der Waals surface area contributed by atoms with Crippen LogP contribution in [0.15, 0.2) is 42.5 Å². The van der Waals surface area contributed by atoms with Crippen molar-refractivity contribution in [3.05, 3.63) is 59.3 Å². The molecule has 0 spiro atoms. The molecule has 7 nitrogen and oxygen atoms in total. The molecule has 1 N–H and O–H groups in total. The maximum atomic E-state index is 13.2. The van der Waals surface area contributed by atoms with Crippen molar-refractivity contribution < 1.29 is 19.1 Å². The minimum absolute atomic E-state index is 0.00481. The average molecular weight is 403 g/mol. The minimum Gasteiger partial charge on any atom is -0.454 e. The molecule has 6 rings (SSSR count). The van der Waals surface area contributed by atoms with E-state index < -0.39 is 6.04 Å². The Morgan fingerprint density at radius 1 is 1.07 bits per heavy atom. The summed E-state index contributed by atoms with van der Waals surface area (Å²) in [6.07, 6.45) is 1.33. The van der Waals surface area contributed by atoms with Crippen molar-refractivity contribution in [2.75, 3.05) is 20.4 Å². The number of rotatable bonds is 1. The summed E-state index contributed by atoms with van der Waals surface area (Å²) >= 11 is 0. The molecule has 2 aromatic carbocycles. The quantitative estimate of drug-likeness (QED) is 0.678. The zero-order valence-electron chi connectivity index (χ0n) is 16.6. The Bertz CT molecular complexity index is 1200. The van der Waals surface area contributed by atoms with Gasteiger partial charge in [0.25, 0.3) is 0 Å². The van der Waals surface area contributed by atoms with E-state index in [9.17, 15) is 9.59 Å². The third-order valence-corrected chi connectivity index (χ3v) is 6.44. The molecular weight excluding hydrogens is 382 g/mol. The topological polar surface area (TPSA) is 74.9 Å². The van der Waals surface area contributed by atoms with Gasteiger partial charge in [-0.2, -0.15) is 0 Å².